The van der Waals surface area contributed by atoms with Crippen LogP contribution in [0.2, 0.25) is 17.6 Å². The molecule has 0 saturated heterocycles. The molecule has 0 fully saturated rings. The van der Waals surface area contributed by atoms with Crippen molar-refractivity contribution in [3.05, 3.63) is 0 Å². The molecule has 0 aliphatic heterocycles. The summed E-state index contributed by atoms with van der Waals surface area (Å²) in [6.45, 7) is 11.7. The minimum absolute atomic E-state index is 0.407. The maximum Gasteiger partial charge on any atom is 0.0394 e. The second-order valence-corrected chi connectivity index (χ2v) is 8.65. The first-order chi connectivity index (χ1) is 6.72. The molecule has 1 atom stereocenters. The van der Waals surface area contributed by atoms with Crippen LogP contribution in [0.5, 0.6) is 0 Å². The zero-order chi connectivity index (χ0) is 10.8. The highest BCUT2D eigenvalue weighted by Crippen LogP contribution is 2.19. The lowest BCUT2D eigenvalue weighted by Gasteiger charge is -2.18. The largest absolute Gasteiger partial charge is 0.317 e. The van der Waals surface area contributed by atoms with Crippen LogP contribution in [0.25, 0.3) is 0 Å². The van der Waals surface area contributed by atoms with Crippen molar-refractivity contribution < 1.29 is 0 Å². The van der Waals surface area contributed by atoms with Crippen molar-refractivity contribution >= 4 is 8.80 Å². The minimum atomic E-state index is -0.407. The molecular weight excluding hydrogens is 186 g/mol. The number of nitrogens with one attached hydrogen (secondary N) is 1. The van der Waals surface area contributed by atoms with Gasteiger partial charge in [-0.25, -0.2) is 0 Å². The van der Waals surface area contributed by atoms with E-state index in [2.05, 4.69) is 33.0 Å². The average molecular weight is 215 g/mol. The van der Waals surface area contributed by atoms with Crippen LogP contribution in [0.4, 0.5) is 0 Å². The number of unbranched alkanes of at least 4 members (excludes halogenated alkanes) is 1. The smallest absolute Gasteiger partial charge is 0.0394 e. The van der Waals surface area contributed by atoms with Crippen molar-refractivity contribution in [2.75, 3.05) is 13.1 Å². The van der Waals surface area contributed by atoms with Crippen LogP contribution in [0.1, 0.15) is 47.0 Å². The first kappa shape index (κ1) is 14.2. The molecule has 1 nitrogen and oxygen atoms in total. The molecule has 0 amide bonds. The highest BCUT2D eigenvalue weighted by atomic mass is 28.3. The third-order valence-electron chi connectivity index (χ3n) is 3.05. The summed E-state index contributed by atoms with van der Waals surface area (Å²) in [5.74, 6) is 0. The van der Waals surface area contributed by atoms with Crippen LogP contribution >= 0.6 is 0 Å². The Morgan fingerprint density at radius 1 is 1.07 bits per heavy atom. The van der Waals surface area contributed by atoms with Crippen LogP contribution in [0.15, 0.2) is 0 Å². The molecule has 0 heterocycles. The zero-order valence-corrected chi connectivity index (χ0v) is 11.8. The molecular formula is C12H29NSi. The van der Waals surface area contributed by atoms with Gasteiger partial charge in [-0.3, -0.25) is 0 Å². The molecule has 0 bridgehead atoms. The first-order valence-electron chi connectivity index (χ1n) is 6.43. The average Bonchev–Trinajstić information content (AvgIpc) is 2.16. The molecule has 1 unspecified atom stereocenters. The Kier molecular flexibility index (Phi) is 9.84. The Balaban J connectivity index is 3.52. The fraction of sp³-hybridized carbons (Fsp3) is 1.00. The summed E-state index contributed by atoms with van der Waals surface area (Å²) >= 11 is 0. The Morgan fingerprint density at radius 3 is 2.21 bits per heavy atom. The van der Waals surface area contributed by atoms with Gasteiger partial charge in [0.1, 0.15) is 0 Å². The zero-order valence-electron chi connectivity index (χ0n) is 10.6. The van der Waals surface area contributed by atoms with Gasteiger partial charge in [0.25, 0.3) is 0 Å². The van der Waals surface area contributed by atoms with Crippen molar-refractivity contribution in [1.29, 1.82) is 0 Å². The van der Waals surface area contributed by atoms with Gasteiger partial charge in [0.2, 0.25) is 0 Å². The maximum absolute atomic E-state index is 3.42. The summed E-state index contributed by atoms with van der Waals surface area (Å²) in [7, 11) is -0.407. The summed E-state index contributed by atoms with van der Waals surface area (Å²) in [6.07, 6.45) is 4.26. The van der Waals surface area contributed by atoms with E-state index < -0.39 is 8.80 Å². The normalized spacial score (nSPS) is 13.5. The van der Waals surface area contributed by atoms with Gasteiger partial charge in [-0.2, -0.15) is 0 Å². The number of rotatable bonds is 9. The maximum atomic E-state index is 3.42. The van der Waals surface area contributed by atoms with Gasteiger partial charge in [0, 0.05) is 8.80 Å². The molecule has 1 N–H and O–H groups in total. The van der Waals surface area contributed by atoms with Gasteiger partial charge in [-0.1, -0.05) is 58.2 Å². The molecule has 0 saturated carbocycles. The molecule has 14 heavy (non-hydrogen) atoms. The molecule has 0 aromatic carbocycles. The first-order valence-corrected chi connectivity index (χ1v) is 8.73. The topological polar surface area (TPSA) is 12.0 Å². The highest BCUT2D eigenvalue weighted by molar-refractivity contribution is 6.60. The van der Waals surface area contributed by atoms with Gasteiger partial charge in [-0.15, -0.1) is 0 Å². The third-order valence-corrected chi connectivity index (χ3v) is 7.24. The monoisotopic (exact) mass is 215 g/mol. The molecule has 86 valence electrons. The van der Waals surface area contributed by atoms with E-state index >= 15 is 0 Å². The van der Waals surface area contributed by atoms with E-state index in [1.165, 1.54) is 25.8 Å². The van der Waals surface area contributed by atoms with Gasteiger partial charge < -0.3 is 5.32 Å². The lowest BCUT2D eigenvalue weighted by molar-refractivity contribution is 0.696. The second-order valence-electron chi connectivity index (χ2n) is 4.64. The highest BCUT2D eigenvalue weighted by Gasteiger charge is 2.13. The molecule has 2 heteroatoms. The lowest BCUT2D eigenvalue weighted by Crippen LogP contribution is -2.20. The predicted octanol–water partition coefficient (Wildman–Crippen LogP) is 3.42. The standard InChI is InChI=1S/C12H29NSi/c1-5-7-10-14(12(3)4)11-8-9-13-6-2/h12-14H,5-11H2,1-4H3. The SMILES string of the molecule is CCCC[SiH](CCCNCC)C(C)C. The van der Waals surface area contributed by atoms with Gasteiger partial charge >= 0.3 is 0 Å². The molecule has 0 aromatic heterocycles. The van der Waals surface area contributed by atoms with Crippen molar-refractivity contribution in [3.8, 4) is 0 Å². The van der Waals surface area contributed by atoms with Crippen LogP contribution in [0, 0.1) is 0 Å². The Labute approximate surface area is 92.3 Å². The summed E-state index contributed by atoms with van der Waals surface area (Å²) < 4.78 is 0. The molecule has 0 aliphatic carbocycles. The molecule has 0 spiro atoms. The second kappa shape index (κ2) is 9.72. The van der Waals surface area contributed by atoms with Crippen molar-refractivity contribution in [2.45, 2.75) is 64.6 Å². The van der Waals surface area contributed by atoms with Crippen molar-refractivity contribution in [2.24, 2.45) is 0 Å². The van der Waals surface area contributed by atoms with E-state index in [9.17, 15) is 0 Å². The Hall–Kier alpha value is 0.177. The summed E-state index contributed by atoms with van der Waals surface area (Å²) in [5.41, 5.74) is 1.00. The van der Waals surface area contributed by atoms with Crippen LogP contribution in [-0.2, 0) is 0 Å². The summed E-state index contributed by atoms with van der Waals surface area (Å²) in [6, 6.07) is 3.12. The fourth-order valence-corrected chi connectivity index (χ4v) is 5.23. The van der Waals surface area contributed by atoms with Crippen molar-refractivity contribution in [1.82, 2.24) is 5.32 Å². The predicted molar refractivity (Wildman–Crippen MR) is 69.9 cm³/mol. The van der Waals surface area contributed by atoms with Crippen LogP contribution in [0.3, 0.4) is 0 Å². The van der Waals surface area contributed by atoms with E-state index in [0.717, 1.165) is 12.1 Å². The molecule has 0 aliphatic rings. The van der Waals surface area contributed by atoms with E-state index in [1.807, 2.05) is 0 Å². The Morgan fingerprint density at radius 2 is 1.71 bits per heavy atom. The molecule has 0 rings (SSSR count). The minimum Gasteiger partial charge on any atom is -0.317 e. The number of hydrogen-bond acceptors (Lipinski definition) is 1. The van der Waals surface area contributed by atoms with Gasteiger partial charge in [0.15, 0.2) is 0 Å². The third kappa shape index (κ3) is 7.57. The van der Waals surface area contributed by atoms with Crippen LogP contribution < -0.4 is 5.32 Å². The van der Waals surface area contributed by atoms with Gasteiger partial charge in [-0.05, 0) is 19.5 Å². The summed E-state index contributed by atoms with van der Waals surface area (Å²) in [4.78, 5) is 0. The quantitative estimate of drug-likeness (QED) is 0.459. The van der Waals surface area contributed by atoms with Gasteiger partial charge in [0.05, 0.1) is 0 Å². The van der Waals surface area contributed by atoms with E-state index in [1.54, 1.807) is 12.1 Å². The lowest BCUT2D eigenvalue weighted by atomic mass is 10.4. The molecule has 0 radical (unpaired) electrons. The Bertz CT molecular complexity index is 115. The number of hydrogen-bond donors (Lipinski definition) is 1. The van der Waals surface area contributed by atoms with E-state index in [0.29, 0.717) is 0 Å². The fourth-order valence-electron chi connectivity index (χ4n) is 1.94. The summed E-state index contributed by atoms with van der Waals surface area (Å²) in [5, 5.41) is 3.42. The van der Waals surface area contributed by atoms with Crippen LogP contribution in [-0.4, -0.2) is 21.9 Å². The van der Waals surface area contributed by atoms with E-state index in [4.69, 9.17) is 0 Å². The van der Waals surface area contributed by atoms with E-state index in [-0.39, 0.29) is 0 Å². The van der Waals surface area contributed by atoms with Crippen molar-refractivity contribution in [3.63, 3.8) is 0 Å². The molecule has 0 aromatic rings.